The van der Waals surface area contributed by atoms with E-state index >= 15 is 0 Å². The fourth-order valence-electron chi connectivity index (χ4n) is 2.54. The molecule has 0 radical (unpaired) electrons. The Labute approximate surface area is 173 Å². The fourth-order valence-corrected chi connectivity index (χ4v) is 2.94. The quantitative estimate of drug-likeness (QED) is 0.724. The van der Waals surface area contributed by atoms with Gasteiger partial charge in [-0.25, -0.2) is 9.59 Å². The Hall–Kier alpha value is -2.99. The largest absolute Gasteiger partial charge is 0.444 e. The van der Waals surface area contributed by atoms with Gasteiger partial charge in [0.1, 0.15) is 17.2 Å². The van der Waals surface area contributed by atoms with Crippen molar-refractivity contribution in [1.29, 1.82) is 5.26 Å². The molecule has 1 aromatic carbocycles. The molecular weight excluding hydrogens is 392 g/mol. The van der Waals surface area contributed by atoms with Gasteiger partial charge in [-0.05, 0) is 44.7 Å². The molecule has 2 rings (SSSR count). The van der Waals surface area contributed by atoms with Gasteiger partial charge in [-0.1, -0.05) is 12.1 Å². The van der Waals surface area contributed by atoms with E-state index in [1.807, 2.05) is 36.6 Å². The second-order valence-corrected chi connectivity index (χ2v) is 8.18. The number of nitrogens with zero attached hydrogens (tertiary/aromatic N) is 3. The average Bonchev–Trinajstić information content (AvgIpc) is 2.66. The molecule has 1 aromatic heterocycles. The summed E-state index contributed by atoms with van der Waals surface area (Å²) >= 11 is 1.59. The Morgan fingerprint density at radius 2 is 1.90 bits per heavy atom. The number of alkyl carbamates (subject to hydrolysis) is 1. The molecule has 154 valence electrons. The third kappa shape index (κ3) is 6.26. The summed E-state index contributed by atoms with van der Waals surface area (Å²) < 4.78 is 7.42. The van der Waals surface area contributed by atoms with Crippen LogP contribution in [0.1, 0.15) is 31.9 Å². The molecule has 0 aliphatic carbocycles. The van der Waals surface area contributed by atoms with Crippen molar-refractivity contribution in [2.45, 2.75) is 44.4 Å². The highest BCUT2D eigenvalue weighted by molar-refractivity contribution is 7.98. The fraction of sp³-hybridized carbons (Fsp3) is 0.400. The molecule has 9 heteroatoms. The molecule has 0 bridgehead atoms. The van der Waals surface area contributed by atoms with Crippen LogP contribution in [0, 0.1) is 11.3 Å². The second kappa shape index (κ2) is 9.47. The molecule has 0 saturated heterocycles. The molecular formula is C20H24N4O4S. The predicted octanol–water partition coefficient (Wildman–Crippen LogP) is 2.18. The maximum absolute atomic E-state index is 12.8. The van der Waals surface area contributed by atoms with E-state index in [1.54, 1.807) is 32.5 Å². The van der Waals surface area contributed by atoms with E-state index in [4.69, 9.17) is 4.74 Å². The van der Waals surface area contributed by atoms with Crippen LogP contribution in [0.15, 0.2) is 44.9 Å². The van der Waals surface area contributed by atoms with Crippen LogP contribution in [-0.4, -0.2) is 33.6 Å². The normalized spacial score (nSPS) is 11.0. The van der Waals surface area contributed by atoms with Crippen LogP contribution >= 0.6 is 11.8 Å². The number of benzene rings is 1. The van der Waals surface area contributed by atoms with Crippen LogP contribution in [0.4, 0.5) is 4.79 Å². The highest BCUT2D eigenvalue weighted by Gasteiger charge is 2.16. The number of amides is 1. The molecule has 1 amide bonds. The molecule has 8 nitrogen and oxygen atoms in total. The van der Waals surface area contributed by atoms with Crippen molar-refractivity contribution in [2.75, 3.05) is 12.8 Å². The summed E-state index contributed by atoms with van der Waals surface area (Å²) in [5.74, 6) is 0. The van der Waals surface area contributed by atoms with Gasteiger partial charge in [-0.2, -0.15) is 5.26 Å². The Bertz CT molecular complexity index is 1030. The van der Waals surface area contributed by atoms with Gasteiger partial charge in [-0.15, -0.1) is 11.8 Å². The number of carbonyl (C=O) groups excluding carboxylic acids is 1. The Balaban J connectivity index is 2.22. The third-order valence-corrected chi connectivity index (χ3v) is 4.62. The first-order chi connectivity index (χ1) is 13.6. The van der Waals surface area contributed by atoms with Crippen molar-refractivity contribution in [1.82, 2.24) is 14.5 Å². The van der Waals surface area contributed by atoms with Crippen molar-refractivity contribution in [3.63, 3.8) is 0 Å². The van der Waals surface area contributed by atoms with E-state index in [0.29, 0.717) is 0 Å². The molecule has 0 aliphatic heterocycles. The van der Waals surface area contributed by atoms with E-state index < -0.39 is 22.9 Å². The van der Waals surface area contributed by atoms with Gasteiger partial charge >= 0.3 is 11.8 Å². The number of rotatable bonds is 6. The summed E-state index contributed by atoms with van der Waals surface area (Å²) in [6.45, 7) is 5.51. The molecule has 1 N–H and O–H groups in total. The predicted molar refractivity (Wildman–Crippen MR) is 111 cm³/mol. The van der Waals surface area contributed by atoms with Gasteiger partial charge in [-0.3, -0.25) is 13.9 Å². The number of thioether (sulfide) groups is 1. The molecule has 0 unspecified atom stereocenters. The van der Waals surface area contributed by atoms with Gasteiger partial charge in [0.2, 0.25) is 0 Å². The first kappa shape index (κ1) is 22.3. The van der Waals surface area contributed by atoms with E-state index in [1.165, 1.54) is 10.8 Å². The highest BCUT2D eigenvalue weighted by Crippen LogP contribution is 2.15. The number of aromatic nitrogens is 2. The van der Waals surface area contributed by atoms with Crippen molar-refractivity contribution in [3.05, 3.63) is 62.4 Å². The van der Waals surface area contributed by atoms with Gasteiger partial charge in [0.15, 0.2) is 0 Å². The molecule has 0 saturated carbocycles. The van der Waals surface area contributed by atoms with E-state index in [2.05, 4.69) is 5.32 Å². The highest BCUT2D eigenvalue weighted by atomic mass is 32.2. The lowest BCUT2D eigenvalue weighted by atomic mass is 10.2. The first-order valence-electron chi connectivity index (χ1n) is 8.99. The standard InChI is InChI=1S/C20H24N4O4S/c1-20(2,3)28-18(26)22-9-10-23-13-15(11-21)17(25)24(19(23)27)12-14-5-7-16(29-4)8-6-14/h5-8,13H,9-10,12H2,1-4H3,(H,22,26). The second-order valence-electron chi connectivity index (χ2n) is 7.30. The lowest BCUT2D eigenvalue weighted by Gasteiger charge is -2.19. The van der Waals surface area contributed by atoms with Crippen LogP contribution in [0.3, 0.4) is 0 Å². The summed E-state index contributed by atoms with van der Waals surface area (Å²) in [7, 11) is 0. The third-order valence-electron chi connectivity index (χ3n) is 3.88. The minimum atomic E-state index is -0.636. The lowest BCUT2D eigenvalue weighted by molar-refractivity contribution is 0.0526. The van der Waals surface area contributed by atoms with Crippen LogP contribution in [0.25, 0.3) is 0 Å². The van der Waals surface area contributed by atoms with Gasteiger partial charge in [0.05, 0.1) is 6.54 Å². The summed E-state index contributed by atoms with van der Waals surface area (Å²) in [5.41, 5.74) is -1.18. The smallest absolute Gasteiger partial charge is 0.407 e. The minimum Gasteiger partial charge on any atom is -0.444 e. The SMILES string of the molecule is CSc1ccc(Cn2c(=O)c(C#N)cn(CCNC(=O)OC(C)(C)C)c2=O)cc1. The molecule has 1 heterocycles. The van der Waals surface area contributed by atoms with Crippen LogP contribution in [0.5, 0.6) is 0 Å². The topological polar surface area (TPSA) is 106 Å². The first-order valence-corrected chi connectivity index (χ1v) is 10.2. The van der Waals surface area contributed by atoms with Gasteiger partial charge in [0, 0.05) is 24.2 Å². The van der Waals surface area contributed by atoms with Crippen LogP contribution in [-0.2, 0) is 17.8 Å². The van der Waals surface area contributed by atoms with Crippen molar-refractivity contribution >= 4 is 17.9 Å². The number of hydrogen-bond acceptors (Lipinski definition) is 6. The van der Waals surface area contributed by atoms with E-state index in [-0.39, 0.29) is 25.2 Å². The average molecular weight is 417 g/mol. The summed E-state index contributed by atoms with van der Waals surface area (Å²) in [4.78, 5) is 38.0. The van der Waals surface area contributed by atoms with E-state index in [0.717, 1.165) is 15.0 Å². The van der Waals surface area contributed by atoms with Crippen LogP contribution < -0.4 is 16.6 Å². The maximum atomic E-state index is 12.8. The Morgan fingerprint density at radius 1 is 1.24 bits per heavy atom. The maximum Gasteiger partial charge on any atom is 0.407 e. The van der Waals surface area contributed by atoms with Crippen molar-refractivity contribution < 1.29 is 9.53 Å². The summed E-state index contributed by atoms with van der Waals surface area (Å²) in [6, 6.07) is 9.32. The molecule has 0 spiro atoms. The van der Waals surface area contributed by atoms with E-state index in [9.17, 15) is 19.6 Å². The summed E-state index contributed by atoms with van der Waals surface area (Å²) in [5, 5.41) is 11.8. The Morgan fingerprint density at radius 3 is 2.45 bits per heavy atom. The van der Waals surface area contributed by atoms with Gasteiger partial charge < -0.3 is 10.1 Å². The number of nitrogens with one attached hydrogen (secondary N) is 1. The minimum absolute atomic E-state index is 0.0569. The van der Waals surface area contributed by atoms with Crippen molar-refractivity contribution in [3.8, 4) is 6.07 Å². The van der Waals surface area contributed by atoms with Gasteiger partial charge in [0.25, 0.3) is 5.56 Å². The van der Waals surface area contributed by atoms with Crippen LogP contribution in [0.2, 0.25) is 0 Å². The number of carbonyl (C=O) groups is 1. The molecule has 0 aliphatic rings. The monoisotopic (exact) mass is 416 g/mol. The zero-order valence-electron chi connectivity index (χ0n) is 16.9. The number of ether oxygens (including phenoxy) is 1. The molecule has 0 fully saturated rings. The van der Waals surface area contributed by atoms with Crippen molar-refractivity contribution in [2.24, 2.45) is 0 Å². The number of hydrogen-bond donors (Lipinski definition) is 1. The molecule has 2 aromatic rings. The number of nitriles is 1. The molecule has 29 heavy (non-hydrogen) atoms. The molecule has 0 atom stereocenters. The zero-order chi connectivity index (χ0) is 21.6. The lowest BCUT2D eigenvalue weighted by Crippen LogP contribution is -2.43. The Kier molecular flexibility index (Phi) is 7.29. The zero-order valence-corrected chi connectivity index (χ0v) is 17.7. The summed E-state index contributed by atoms with van der Waals surface area (Å²) in [6.07, 6.45) is 2.57.